The molecule has 0 atom stereocenters. The predicted octanol–water partition coefficient (Wildman–Crippen LogP) is 3.18. The lowest BCUT2D eigenvalue weighted by atomic mass is 10.1. The zero-order valence-corrected chi connectivity index (χ0v) is 14.2. The number of nitrogens with zero attached hydrogens (tertiary/aromatic N) is 3. The second-order valence-electron chi connectivity index (χ2n) is 5.53. The monoisotopic (exact) mass is 311 g/mol. The highest BCUT2D eigenvalue weighted by Crippen LogP contribution is 2.16. The molecule has 4 nitrogen and oxygen atoms in total. The number of hydrogen-bond donors (Lipinski definition) is 0. The van der Waals surface area contributed by atoms with Crippen molar-refractivity contribution in [2.75, 3.05) is 32.7 Å². The number of likely N-dealkylation sites (N-methyl/N-ethyl adjacent to an activating group) is 1. The highest BCUT2D eigenvalue weighted by Gasteiger charge is 2.19. The zero-order chi connectivity index (χ0) is 15.8. The molecule has 1 heterocycles. The summed E-state index contributed by atoms with van der Waals surface area (Å²) in [7, 11) is 0. The van der Waals surface area contributed by atoms with Crippen LogP contribution in [0.1, 0.15) is 38.1 Å². The summed E-state index contributed by atoms with van der Waals surface area (Å²) in [5, 5.41) is 0.464. The van der Waals surface area contributed by atoms with Crippen molar-refractivity contribution < 1.29 is 4.79 Å². The van der Waals surface area contributed by atoms with Gasteiger partial charge in [0.2, 0.25) is 0 Å². The van der Waals surface area contributed by atoms with E-state index in [1.165, 1.54) is 0 Å². The quantitative estimate of drug-likeness (QED) is 0.740. The van der Waals surface area contributed by atoms with Gasteiger partial charge >= 0.3 is 0 Å². The summed E-state index contributed by atoms with van der Waals surface area (Å²) in [6, 6.07) is 1.66. The highest BCUT2D eigenvalue weighted by molar-refractivity contribution is 6.33. The first-order valence-corrected chi connectivity index (χ1v) is 7.98. The van der Waals surface area contributed by atoms with Crippen LogP contribution in [0.4, 0.5) is 0 Å². The van der Waals surface area contributed by atoms with Crippen LogP contribution in [-0.2, 0) is 0 Å². The number of halogens is 1. The molecule has 0 spiro atoms. The Balaban J connectivity index is 2.82. The lowest BCUT2D eigenvalue weighted by Crippen LogP contribution is -2.40. The van der Waals surface area contributed by atoms with Crippen LogP contribution in [0.3, 0.4) is 0 Å². The average molecular weight is 312 g/mol. The third kappa shape index (κ3) is 5.64. The molecule has 1 rings (SSSR count). The second-order valence-corrected chi connectivity index (χ2v) is 5.93. The molecule has 0 unspecified atom stereocenters. The molecule has 0 fully saturated rings. The Labute approximate surface area is 133 Å². The van der Waals surface area contributed by atoms with E-state index in [-0.39, 0.29) is 5.91 Å². The molecule has 1 aromatic heterocycles. The SMILES string of the molecule is CCN(CC)CCN(CC(C)C)C(=O)c1cnccc1Cl. The van der Waals surface area contributed by atoms with Crippen LogP contribution >= 0.6 is 11.6 Å². The van der Waals surface area contributed by atoms with Gasteiger partial charge in [-0.3, -0.25) is 9.78 Å². The third-order valence-electron chi connectivity index (χ3n) is 3.45. The van der Waals surface area contributed by atoms with E-state index in [0.717, 1.165) is 26.2 Å². The standard InChI is InChI=1S/C16H26ClN3O/c1-5-19(6-2)9-10-20(12-13(3)4)16(21)14-11-18-8-7-15(14)17/h7-8,11,13H,5-6,9-10,12H2,1-4H3. The first-order valence-electron chi connectivity index (χ1n) is 7.60. The van der Waals surface area contributed by atoms with E-state index < -0.39 is 0 Å². The van der Waals surface area contributed by atoms with E-state index in [4.69, 9.17) is 11.6 Å². The summed E-state index contributed by atoms with van der Waals surface area (Å²) in [4.78, 5) is 20.9. The molecule has 1 aromatic rings. The van der Waals surface area contributed by atoms with Gasteiger partial charge < -0.3 is 9.80 Å². The summed E-state index contributed by atoms with van der Waals surface area (Å²) in [6.45, 7) is 12.8. The minimum Gasteiger partial charge on any atom is -0.337 e. The first-order chi connectivity index (χ1) is 9.99. The van der Waals surface area contributed by atoms with Crippen LogP contribution in [0, 0.1) is 5.92 Å². The molecular weight excluding hydrogens is 286 g/mol. The van der Waals surface area contributed by atoms with E-state index in [0.29, 0.717) is 23.0 Å². The fourth-order valence-electron chi connectivity index (χ4n) is 2.22. The maximum atomic E-state index is 12.7. The largest absolute Gasteiger partial charge is 0.337 e. The van der Waals surface area contributed by atoms with Crippen LogP contribution in [0.5, 0.6) is 0 Å². The van der Waals surface area contributed by atoms with Gasteiger partial charge in [-0.15, -0.1) is 0 Å². The van der Waals surface area contributed by atoms with Gasteiger partial charge in [-0.1, -0.05) is 39.3 Å². The Morgan fingerprint density at radius 1 is 1.29 bits per heavy atom. The number of carbonyl (C=O) groups excluding carboxylic acids is 1. The van der Waals surface area contributed by atoms with Gasteiger partial charge in [-0.25, -0.2) is 0 Å². The molecule has 0 aliphatic rings. The van der Waals surface area contributed by atoms with E-state index in [2.05, 4.69) is 37.6 Å². The Morgan fingerprint density at radius 3 is 2.48 bits per heavy atom. The molecule has 5 heteroatoms. The number of carbonyl (C=O) groups is 1. The third-order valence-corrected chi connectivity index (χ3v) is 3.78. The van der Waals surface area contributed by atoms with Crippen molar-refractivity contribution in [1.82, 2.24) is 14.8 Å². The maximum Gasteiger partial charge on any atom is 0.256 e. The molecule has 0 saturated carbocycles. The van der Waals surface area contributed by atoms with E-state index in [1.54, 1.807) is 18.5 Å². The van der Waals surface area contributed by atoms with Crippen molar-refractivity contribution in [3.8, 4) is 0 Å². The summed E-state index contributed by atoms with van der Waals surface area (Å²) < 4.78 is 0. The molecular formula is C16H26ClN3O. The summed E-state index contributed by atoms with van der Waals surface area (Å²) in [5.74, 6) is 0.384. The Bertz CT molecular complexity index is 447. The number of pyridine rings is 1. The first kappa shape index (κ1) is 17.9. The molecule has 0 aliphatic carbocycles. The molecule has 0 aromatic carbocycles. The number of aromatic nitrogens is 1. The molecule has 21 heavy (non-hydrogen) atoms. The molecule has 1 amide bonds. The second kappa shape index (κ2) is 9.00. The van der Waals surface area contributed by atoms with Crippen LogP contribution in [0.25, 0.3) is 0 Å². The summed E-state index contributed by atoms with van der Waals surface area (Å²) >= 11 is 6.12. The lowest BCUT2D eigenvalue weighted by Gasteiger charge is -2.28. The van der Waals surface area contributed by atoms with Crippen molar-refractivity contribution in [1.29, 1.82) is 0 Å². The maximum absolute atomic E-state index is 12.7. The lowest BCUT2D eigenvalue weighted by molar-refractivity contribution is 0.0716. The minimum absolute atomic E-state index is 0.0334. The van der Waals surface area contributed by atoms with Crippen LogP contribution in [0.15, 0.2) is 18.5 Å². The van der Waals surface area contributed by atoms with Crippen LogP contribution in [-0.4, -0.2) is 53.4 Å². The fourth-order valence-corrected chi connectivity index (χ4v) is 2.41. The number of rotatable bonds is 8. The average Bonchev–Trinajstić information content (AvgIpc) is 2.46. The molecule has 0 radical (unpaired) electrons. The Hall–Kier alpha value is -1.13. The predicted molar refractivity (Wildman–Crippen MR) is 87.8 cm³/mol. The van der Waals surface area contributed by atoms with E-state index in [1.807, 2.05) is 4.90 Å². The van der Waals surface area contributed by atoms with Crippen LogP contribution in [0.2, 0.25) is 5.02 Å². The number of hydrogen-bond acceptors (Lipinski definition) is 3. The van der Waals surface area contributed by atoms with Crippen molar-refractivity contribution in [3.05, 3.63) is 29.0 Å². The van der Waals surface area contributed by atoms with E-state index in [9.17, 15) is 4.79 Å². The van der Waals surface area contributed by atoms with Crippen LogP contribution < -0.4 is 0 Å². The normalized spacial score (nSPS) is 11.2. The molecule has 0 aliphatic heterocycles. The summed E-state index contributed by atoms with van der Waals surface area (Å²) in [5.41, 5.74) is 0.486. The smallest absolute Gasteiger partial charge is 0.256 e. The van der Waals surface area contributed by atoms with Gasteiger partial charge in [0, 0.05) is 32.0 Å². The van der Waals surface area contributed by atoms with E-state index >= 15 is 0 Å². The van der Waals surface area contributed by atoms with Crippen molar-refractivity contribution in [2.45, 2.75) is 27.7 Å². The fraction of sp³-hybridized carbons (Fsp3) is 0.625. The number of amides is 1. The molecule has 118 valence electrons. The summed E-state index contributed by atoms with van der Waals surface area (Å²) in [6.07, 6.45) is 3.15. The Morgan fingerprint density at radius 2 is 1.95 bits per heavy atom. The Kier molecular flexibility index (Phi) is 7.68. The van der Waals surface area contributed by atoms with Crippen molar-refractivity contribution in [2.24, 2.45) is 5.92 Å². The molecule has 0 N–H and O–H groups in total. The van der Waals surface area contributed by atoms with Gasteiger partial charge in [-0.2, -0.15) is 0 Å². The van der Waals surface area contributed by atoms with Gasteiger partial charge in [0.1, 0.15) is 0 Å². The minimum atomic E-state index is -0.0334. The topological polar surface area (TPSA) is 36.4 Å². The zero-order valence-electron chi connectivity index (χ0n) is 13.5. The van der Waals surface area contributed by atoms with Gasteiger partial charge in [0.15, 0.2) is 0 Å². The van der Waals surface area contributed by atoms with Crippen molar-refractivity contribution in [3.63, 3.8) is 0 Å². The van der Waals surface area contributed by atoms with Crippen molar-refractivity contribution >= 4 is 17.5 Å². The molecule has 0 saturated heterocycles. The van der Waals surface area contributed by atoms with Gasteiger partial charge in [0.05, 0.1) is 10.6 Å². The van der Waals surface area contributed by atoms with Gasteiger partial charge in [0.25, 0.3) is 5.91 Å². The van der Waals surface area contributed by atoms with Gasteiger partial charge in [-0.05, 0) is 25.1 Å². The molecule has 0 bridgehead atoms. The highest BCUT2D eigenvalue weighted by atomic mass is 35.5.